The highest BCUT2D eigenvalue weighted by molar-refractivity contribution is 7.15. The number of para-hydroxylation sites is 2. The molecule has 2 aliphatic rings. The molecule has 0 unspecified atom stereocenters. The van der Waals surface area contributed by atoms with Crippen molar-refractivity contribution in [3.8, 4) is 11.5 Å². The number of nitrogens with one attached hydrogen (secondary N) is 1. The number of carbonyl (C=O) groups is 2. The summed E-state index contributed by atoms with van der Waals surface area (Å²) in [6.45, 7) is 1.02. The van der Waals surface area contributed by atoms with Crippen LogP contribution >= 0.6 is 11.3 Å². The molecule has 4 aromatic rings. The second-order valence-electron chi connectivity index (χ2n) is 8.05. The molecule has 0 atom stereocenters. The summed E-state index contributed by atoms with van der Waals surface area (Å²) in [6, 6.07) is 15.4. The number of amides is 2. The van der Waals surface area contributed by atoms with Gasteiger partial charge in [-0.3, -0.25) is 19.9 Å². The maximum atomic E-state index is 13.8. The van der Waals surface area contributed by atoms with Gasteiger partial charge in [0, 0.05) is 41.4 Å². The number of ether oxygens (including phenoxy) is 1. The molecule has 34 heavy (non-hydrogen) atoms. The lowest BCUT2D eigenvalue weighted by Gasteiger charge is -2.33. The Morgan fingerprint density at radius 3 is 2.47 bits per heavy atom. The van der Waals surface area contributed by atoms with Crippen LogP contribution in [0.4, 0.5) is 5.13 Å². The summed E-state index contributed by atoms with van der Waals surface area (Å²) in [4.78, 5) is 41.6. The van der Waals surface area contributed by atoms with Crippen LogP contribution in [-0.4, -0.2) is 38.2 Å². The van der Waals surface area contributed by atoms with Crippen molar-refractivity contribution in [1.29, 1.82) is 0 Å². The van der Waals surface area contributed by atoms with Gasteiger partial charge in [-0.2, -0.15) is 0 Å². The van der Waals surface area contributed by atoms with Crippen molar-refractivity contribution >= 4 is 28.3 Å². The Bertz CT molecular complexity index is 1360. The average Bonchev–Trinajstić information content (AvgIpc) is 3.28. The first kappa shape index (κ1) is 20.5. The molecule has 2 aromatic carbocycles. The van der Waals surface area contributed by atoms with E-state index in [-0.39, 0.29) is 17.5 Å². The number of fused-ring (bicyclic) bond motifs is 3. The molecule has 4 heterocycles. The third-order valence-corrected chi connectivity index (χ3v) is 6.98. The van der Waals surface area contributed by atoms with Crippen molar-refractivity contribution in [2.75, 3.05) is 11.9 Å². The van der Waals surface area contributed by atoms with Crippen LogP contribution in [0.5, 0.6) is 11.5 Å². The van der Waals surface area contributed by atoms with Gasteiger partial charge >= 0.3 is 0 Å². The molecule has 0 aliphatic carbocycles. The van der Waals surface area contributed by atoms with Gasteiger partial charge in [-0.25, -0.2) is 9.97 Å². The van der Waals surface area contributed by atoms with E-state index in [0.717, 1.165) is 21.7 Å². The zero-order valence-corrected chi connectivity index (χ0v) is 18.8. The van der Waals surface area contributed by atoms with E-state index in [2.05, 4.69) is 20.3 Å². The van der Waals surface area contributed by atoms with E-state index in [9.17, 15) is 9.59 Å². The van der Waals surface area contributed by atoms with Gasteiger partial charge in [0.1, 0.15) is 17.2 Å². The molecule has 0 bridgehead atoms. The second-order valence-corrected chi connectivity index (χ2v) is 9.14. The van der Waals surface area contributed by atoms with Gasteiger partial charge in [0.2, 0.25) is 5.91 Å². The highest BCUT2D eigenvalue weighted by Gasteiger charge is 2.36. The minimum atomic E-state index is -0.425. The topological polar surface area (TPSA) is 97.3 Å². The molecule has 0 fully saturated rings. The Kier molecular flexibility index (Phi) is 5.03. The van der Waals surface area contributed by atoms with Gasteiger partial charge in [0.25, 0.3) is 5.91 Å². The van der Waals surface area contributed by atoms with E-state index < -0.39 is 5.92 Å². The number of carbonyl (C=O) groups excluding carboxylic acids is 2. The van der Waals surface area contributed by atoms with Crippen LogP contribution in [0.25, 0.3) is 0 Å². The number of anilines is 1. The summed E-state index contributed by atoms with van der Waals surface area (Å²) >= 11 is 1.39. The third-order valence-electron chi connectivity index (χ3n) is 5.99. The van der Waals surface area contributed by atoms with Crippen molar-refractivity contribution in [3.05, 3.63) is 94.5 Å². The highest BCUT2D eigenvalue weighted by Crippen LogP contribution is 2.45. The minimum absolute atomic E-state index is 0.0346. The van der Waals surface area contributed by atoms with Gasteiger partial charge in [0.15, 0.2) is 5.13 Å². The Morgan fingerprint density at radius 2 is 1.76 bits per heavy atom. The lowest BCUT2D eigenvalue weighted by Crippen LogP contribution is -2.39. The predicted molar refractivity (Wildman–Crippen MR) is 126 cm³/mol. The van der Waals surface area contributed by atoms with E-state index in [0.29, 0.717) is 36.1 Å². The minimum Gasteiger partial charge on any atom is -0.457 e. The summed E-state index contributed by atoms with van der Waals surface area (Å²) in [5.41, 5.74) is 2.89. The fraction of sp³-hybridized carbons (Fsp3) is 0.160. The van der Waals surface area contributed by atoms with E-state index in [1.54, 1.807) is 0 Å². The van der Waals surface area contributed by atoms with Crippen molar-refractivity contribution in [1.82, 2.24) is 19.9 Å². The van der Waals surface area contributed by atoms with E-state index >= 15 is 0 Å². The fourth-order valence-corrected chi connectivity index (χ4v) is 5.39. The summed E-state index contributed by atoms with van der Waals surface area (Å²) in [5, 5.41) is 3.29. The van der Waals surface area contributed by atoms with E-state index in [4.69, 9.17) is 4.74 Å². The quantitative estimate of drug-likeness (QED) is 0.487. The summed E-state index contributed by atoms with van der Waals surface area (Å²) in [7, 11) is 0. The molecular weight excluding hydrogens is 450 g/mol. The van der Waals surface area contributed by atoms with Crippen LogP contribution in [0.2, 0.25) is 0 Å². The van der Waals surface area contributed by atoms with Crippen molar-refractivity contribution in [3.63, 3.8) is 0 Å². The van der Waals surface area contributed by atoms with Gasteiger partial charge in [-0.1, -0.05) is 47.7 Å². The van der Waals surface area contributed by atoms with Crippen LogP contribution < -0.4 is 10.1 Å². The first-order chi connectivity index (χ1) is 16.7. The first-order valence-corrected chi connectivity index (χ1v) is 11.7. The van der Waals surface area contributed by atoms with Gasteiger partial charge in [0.05, 0.1) is 24.4 Å². The normalized spacial score (nSPS) is 14.4. The SMILES string of the molecule is O=C(Nc1nc2c(s1)CN(C(=O)C1c3ccccc3Oc3ccccc31)CC2)c1cnccn1. The Balaban J connectivity index is 1.25. The molecule has 6 rings (SSSR count). The monoisotopic (exact) mass is 469 g/mol. The Morgan fingerprint density at radius 1 is 1.03 bits per heavy atom. The number of hydrogen-bond donors (Lipinski definition) is 1. The zero-order valence-electron chi connectivity index (χ0n) is 18.0. The Labute approximate surface area is 199 Å². The fourth-order valence-electron chi connectivity index (χ4n) is 4.37. The third kappa shape index (κ3) is 3.60. The molecule has 2 aliphatic heterocycles. The van der Waals surface area contributed by atoms with Gasteiger partial charge < -0.3 is 9.64 Å². The molecule has 0 spiro atoms. The number of benzene rings is 2. The van der Waals surface area contributed by atoms with Crippen molar-refractivity contribution in [2.24, 2.45) is 0 Å². The first-order valence-electron chi connectivity index (χ1n) is 10.9. The maximum absolute atomic E-state index is 13.8. The molecule has 9 heteroatoms. The lowest BCUT2D eigenvalue weighted by atomic mass is 9.86. The van der Waals surface area contributed by atoms with E-state index in [1.165, 1.54) is 29.9 Å². The van der Waals surface area contributed by atoms with Crippen LogP contribution in [0.15, 0.2) is 67.1 Å². The van der Waals surface area contributed by atoms with Gasteiger partial charge in [-0.15, -0.1) is 0 Å². The van der Waals surface area contributed by atoms with Crippen LogP contribution in [0.1, 0.15) is 38.1 Å². The molecule has 0 radical (unpaired) electrons. The lowest BCUT2D eigenvalue weighted by molar-refractivity contribution is -0.132. The summed E-state index contributed by atoms with van der Waals surface area (Å²) in [5.74, 6) is 0.675. The number of aromatic nitrogens is 3. The van der Waals surface area contributed by atoms with Crippen molar-refractivity contribution in [2.45, 2.75) is 18.9 Å². The standard InChI is InChI=1S/C25H19N5O3S/c31-23(18-13-26-10-11-27-18)29-25-28-17-9-12-30(14-21(17)34-25)24(32)22-15-5-1-3-7-19(15)33-20-8-4-2-6-16(20)22/h1-8,10-11,13,22H,9,12,14H2,(H,28,29,31). The van der Waals surface area contributed by atoms with Crippen molar-refractivity contribution < 1.29 is 14.3 Å². The van der Waals surface area contributed by atoms with E-state index in [1.807, 2.05) is 53.4 Å². The molecule has 2 aromatic heterocycles. The molecular formula is C25H19N5O3S. The number of nitrogens with zero attached hydrogens (tertiary/aromatic N) is 4. The largest absolute Gasteiger partial charge is 0.457 e. The summed E-state index contributed by atoms with van der Waals surface area (Å²) in [6.07, 6.45) is 5.02. The number of thiazole rings is 1. The van der Waals surface area contributed by atoms with Crippen LogP contribution in [-0.2, 0) is 17.8 Å². The predicted octanol–water partition coefficient (Wildman–Crippen LogP) is 4.01. The Hall–Kier alpha value is -4.11. The molecule has 0 saturated heterocycles. The summed E-state index contributed by atoms with van der Waals surface area (Å²) < 4.78 is 6.05. The smallest absolute Gasteiger partial charge is 0.277 e. The molecule has 2 amide bonds. The average molecular weight is 470 g/mol. The molecule has 168 valence electrons. The molecule has 1 N–H and O–H groups in total. The van der Waals surface area contributed by atoms with Crippen LogP contribution in [0.3, 0.4) is 0 Å². The second kappa shape index (κ2) is 8.35. The highest BCUT2D eigenvalue weighted by atomic mass is 32.1. The van der Waals surface area contributed by atoms with Gasteiger partial charge in [-0.05, 0) is 12.1 Å². The molecule has 0 saturated carbocycles. The zero-order chi connectivity index (χ0) is 23.1. The maximum Gasteiger partial charge on any atom is 0.277 e. The number of rotatable bonds is 3. The number of hydrogen-bond acceptors (Lipinski definition) is 7. The van der Waals surface area contributed by atoms with Crippen LogP contribution in [0, 0.1) is 0 Å². The molecule has 8 nitrogen and oxygen atoms in total.